The van der Waals surface area contributed by atoms with E-state index in [4.69, 9.17) is 4.74 Å². The van der Waals surface area contributed by atoms with Crippen LogP contribution in [0.5, 0.6) is 0 Å². The van der Waals surface area contributed by atoms with Gasteiger partial charge < -0.3 is 9.47 Å². The lowest BCUT2D eigenvalue weighted by molar-refractivity contribution is 0.0713. The molecule has 0 spiro atoms. The van der Waals surface area contributed by atoms with E-state index < -0.39 is 6.16 Å². The minimum absolute atomic E-state index is 0.472. The molecule has 0 fully saturated rings. The molecule has 0 aromatic heterocycles. The van der Waals surface area contributed by atoms with Crippen molar-refractivity contribution in [1.29, 1.82) is 0 Å². The fourth-order valence-electron chi connectivity index (χ4n) is 1.31. The topological polar surface area (TPSA) is 35.5 Å². The number of hydrogen-bond donors (Lipinski definition) is 0. The Morgan fingerprint density at radius 3 is 2.33 bits per heavy atom. The number of carbonyl (C=O) groups is 1. The van der Waals surface area contributed by atoms with Gasteiger partial charge in [0, 0.05) is 0 Å². The van der Waals surface area contributed by atoms with Crippen molar-refractivity contribution >= 4 is 6.16 Å². The van der Waals surface area contributed by atoms with E-state index in [-0.39, 0.29) is 0 Å². The summed E-state index contributed by atoms with van der Waals surface area (Å²) in [6.45, 7) is 4.15. The molecule has 0 aromatic rings. The fraction of sp³-hybridized carbons (Fsp3) is 0.750. The molecule has 3 heteroatoms. The van der Waals surface area contributed by atoms with Gasteiger partial charge in [-0.1, -0.05) is 31.8 Å². The SMILES string of the molecule is C=CCCCCCCCCOC(=O)OC. The third-order valence-corrected chi connectivity index (χ3v) is 2.19. The summed E-state index contributed by atoms with van der Waals surface area (Å²) in [4.78, 5) is 10.6. The molecule has 0 aromatic carbocycles. The molecular weight excluding hydrogens is 192 g/mol. The zero-order valence-corrected chi connectivity index (χ0v) is 9.67. The molecular formula is C12H22O3. The second-order valence-electron chi connectivity index (χ2n) is 3.50. The highest BCUT2D eigenvalue weighted by molar-refractivity contribution is 5.59. The van der Waals surface area contributed by atoms with Gasteiger partial charge in [-0.25, -0.2) is 4.79 Å². The van der Waals surface area contributed by atoms with Crippen molar-refractivity contribution in [3.8, 4) is 0 Å². The van der Waals surface area contributed by atoms with Gasteiger partial charge in [-0.3, -0.25) is 0 Å². The smallest absolute Gasteiger partial charge is 0.438 e. The molecule has 0 saturated carbocycles. The van der Waals surface area contributed by atoms with Crippen LogP contribution in [0.25, 0.3) is 0 Å². The van der Waals surface area contributed by atoms with Crippen LogP contribution >= 0.6 is 0 Å². The molecule has 15 heavy (non-hydrogen) atoms. The number of hydrogen-bond acceptors (Lipinski definition) is 3. The molecule has 0 aliphatic rings. The van der Waals surface area contributed by atoms with Gasteiger partial charge in [-0.05, 0) is 19.3 Å². The van der Waals surface area contributed by atoms with E-state index in [0.29, 0.717) is 6.61 Å². The second kappa shape index (κ2) is 11.1. The Balaban J connectivity index is 2.98. The molecule has 0 rings (SSSR count). The normalized spacial score (nSPS) is 9.67. The van der Waals surface area contributed by atoms with Gasteiger partial charge in [0.05, 0.1) is 13.7 Å². The van der Waals surface area contributed by atoms with Crippen molar-refractivity contribution in [1.82, 2.24) is 0 Å². The first-order valence-electron chi connectivity index (χ1n) is 5.63. The number of carbonyl (C=O) groups excluding carboxylic acids is 1. The molecule has 88 valence electrons. The monoisotopic (exact) mass is 214 g/mol. The Kier molecular flexibility index (Phi) is 10.4. The van der Waals surface area contributed by atoms with Crippen LogP contribution < -0.4 is 0 Å². The van der Waals surface area contributed by atoms with E-state index in [9.17, 15) is 4.79 Å². The first-order chi connectivity index (χ1) is 7.31. The fourth-order valence-corrected chi connectivity index (χ4v) is 1.31. The summed E-state index contributed by atoms with van der Waals surface area (Å²) in [5.41, 5.74) is 0. The van der Waals surface area contributed by atoms with Crippen molar-refractivity contribution in [2.24, 2.45) is 0 Å². The number of rotatable bonds is 9. The largest absolute Gasteiger partial charge is 0.507 e. The quantitative estimate of drug-likeness (QED) is 0.333. The van der Waals surface area contributed by atoms with Crippen LogP contribution in [-0.4, -0.2) is 19.9 Å². The van der Waals surface area contributed by atoms with Crippen molar-refractivity contribution in [3.05, 3.63) is 12.7 Å². The van der Waals surface area contributed by atoms with Crippen LogP contribution in [0.15, 0.2) is 12.7 Å². The number of allylic oxidation sites excluding steroid dienone is 1. The van der Waals surface area contributed by atoms with E-state index in [1.165, 1.54) is 32.8 Å². The molecule has 0 aliphatic heterocycles. The maximum atomic E-state index is 10.6. The molecule has 0 radical (unpaired) electrons. The Hall–Kier alpha value is -0.990. The van der Waals surface area contributed by atoms with Crippen molar-refractivity contribution in [3.63, 3.8) is 0 Å². The van der Waals surface area contributed by atoms with Crippen molar-refractivity contribution in [2.75, 3.05) is 13.7 Å². The molecule has 0 bridgehead atoms. The van der Waals surface area contributed by atoms with Gasteiger partial charge >= 0.3 is 6.16 Å². The third-order valence-electron chi connectivity index (χ3n) is 2.19. The van der Waals surface area contributed by atoms with Gasteiger partial charge in [0.1, 0.15) is 0 Å². The first-order valence-corrected chi connectivity index (χ1v) is 5.63. The van der Waals surface area contributed by atoms with E-state index in [2.05, 4.69) is 11.3 Å². The zero-order valence-electron chi connectivity index (χ0n) is 9.67. The molecule has 0 saturated heterocycles. The highest BCUT2D eigenvalue weighted by Crippen LogP contribution is 2.07. The average molecular weight is 214 g/mol. The van der Waals surface area contributed by atoms with E-state index in [1.807, 2.05) is 6.08 Å². The van der Waals surface area contributed by atoms with Gasteiger partial charge in [0.15, 0.2) is 0 Å². The van der Waals surface area contributed by atoms with Gasteiger partial charge in [0.25, 0.3) is 0 Å². The van der Waals surface area contributed by atoms with Gasteiger partial charge in [-0.2, -0.15) is 0 Å². The maximum Gasteiger partial charge on any atom is 0.507 e. The summed E-state index contributed by atoms with van der Waals surface area (Å²) < 4.78 is 9.11. The van der Waals surface area contributed by atoms with E-state index >= 15 is 0 Å². The lowest BCUT2D eigenvalue weighted by atomic mass is 10.1. The van der Waals surface area contributed by atoms with Crippen LogP contribution in [-0.2, 0) is 9.47 Å². The summed E-state index contributed by atoms with van der Waals surface area (Å²) in [6, 6.07) is 0. The number of unbranched alkanes of at least 4 members (excludes halogenated alkanes) is 6. The molecule has 0 atom stereocenters. The molecule has 0 aliphatic carbocycles. The molecule has 0 amide bonds. The molecule has 3 nitrogen and oxygen atoms in total. The summed E-state index contributed by atoms with van der Waals surface area (Å²) >= 11 is 0. The zero-order chi connectivity index (χ0) is 11.4. The maximum absolute atomic E-state index is 10.6. The third kappa shape index (κ3) is 10.9. The first kappa shape index (κ1) is 14.0. The lowest BCUT2D eigenvalue weighted by Gasteiger charge is -2.02. The van der Waals surface area contributed by atoms with Crippen LogP contribution in [0.1, 0.15) is 44.9 Å². The second-order valence-corrected chi connectivity index (χ2v) is 3.50. The Morgan fingerprint density at radius 2 is 1.73 bits per heavy atom. The van der Waals surface area contributed by atoms with Crippen LogP contribution in [0.4, 0.5) is 4.79 Å². The number of methoxy groups -OCH3 is 1. The average Bonchev–Trinajstić information content (AvgIpc) is 2.26. The summed E-state index contributed by atoms with van der Waals surface area (Å²) in [5.74, 6) is 0. The Bertz CT molecular complexity index is 166. The minimum Gasteiger partial charge on any atom is -0.438 e. The molecule has 0 N–H and O–H groups in total. The van der Waals surface area contributed by atoms with Crippen LogP contribution in [0, 0.1) is 0 Å². The van der Waals surface area contributed by atoms with Crippen LogP contribution in [0.2, 0.25) is 0 Å². The summed E-state index contributed by atoms with van der Waals surface area (Å²) in [6.07, 6.45) is 9.51. The van der Waals surface area contributed by atoms with Crippen molar-refractivity contribution < 1.29 is 14.3 Å². The van der Waals surface area contributed by atoms with Gasteiger partial charge in [-0.15, -0.1) is 6.58 Å². The van der Waals surface area contributed by atoms with E-state index in [0.717, 1.165) is 19.3 Å². The lowest BCUT2D eigenvalue weighted by Crippen LogP contribution is -2.05. The van der Waals surface area contributed by atoms with E-state index in [1.54, 1.807) is 0 Å². The van der Waals surface area contributed by atoms with Crippen LogP contribution in [0.3, 0.4) is 0 Å². The predicted molar refractivity (Wildman–Crippen MR) is 60.9 cm³/mol. The Labute approximate surface area is 92.5 Å². The highest BCUT2D eigenvalue weighted by atomic mass is 16.7. The standard InChI is InChI=1S/C12H22O3/c1-3-4-5-6-7-8-9-10-11-15-12(13)14-2/h3H,1,4-11H2,2H3. The minimum atomic E-state index is -0.582. The molecule has 0 heterocycles. The summed E-state index contributed by atoms with van der Waals surface area (Å²) in [7, 11) is 1.32. The van der Waals surface area contributed by atoms with Gasteiger partial charge in [0.2, 0.25) is 0 Å². The predicted octanol–water partition coefficient (Wildman–Crippen LogP) is 3.69. The molecule has 0 unspecified atom stereocenters. The summed E-state index contributed by atoms with van der Waals surface area (Å²) in [5, 5.41) is 0. The number of ether oxygens (including phenoxy) is 2. The highest BCUT2D eigenvalue weighted by Gasteiger charge is 1.98. The van der Waals surface area contributed by atoms with Crippen molar-refractivity contribution in [2.45, 2.75) is 44.9 Å². The Morgan fingerprint density at radius 1 is 1.13 bits per heavy atom.